The van der Waals surface area contributed by atoms with Crippen LogP contribution in [0, 0.1) is 12.7 Å². The summed E-state index contributed by atoms with van der Waals surface area (Å²) in [4.78, 5) is 21.4. The molecule has 27 heavy (non-hydrogen) atoms. The first kappa shape index (κ1) is 17.0. The van der Waals surface area contributed by atoms with Gasteiger partial charge in [-0.05, 0) is 31.2 Å². The zero-order valence-electron chi connectivity index (χ0n) is 14.1. The van der Waals surface area contributed by atoms with Gasteiger partial charge < -0.3 is 4.52 Å². The van der Waals surface area contributed by atoms with Gasteiger partial charge in [0.05, 0.1) is 5.69 Å². The molecular formula is C19H13FN4O2S. The minimum Gasteiger partial charge on any atom is -0.360 e. The number of pyridine rings is 1. The van der Waals surface area contributed by atoms with E-state index >= 15 is 0 Å². The first-order valence-electron chi connectivity index (χ1n) is 8.02. The van der Waals surface area contributed by atoms with Gasteiger partial charge in [-0.2, -0.15) is 0 Å². The van der Waals surface area contributed by atoms with Crippen LogP contribution in [0.3, 0.4) is 0 Å². The topological polar surface area (TPSA) is 80.9 Å². The van der Waals surface area contributed by atoms with Gasteiger partial charge in [-0.1, -0.05) is 23.4 Å². The quantitative estimate of drug-likeness (QED) is 0.561. The highest BCUT2D eigenvalue weighted by Crippen LogP contribution is 2.28. The number of rotatable bonds is 4. The molecule has 0 aliphatic heterocycles. The predicted octanol–water partition coefficient (Wildman–Crippen LogP) is 4.56. The summed E-state index contributed by atoms with van der Waals surface area (Å²) in [6.45, 7) is 1.63. The summed E-state index contributed by atoms with van der Waals surface area (Å²) in [5.41, 5.74) is 2.38. The summed E-state index contributed by atoms with van der Waals surface area (Å²) < 4.78 is 18.7. The van der Waals surface area contributed by atoms with Crippen molar-refractivity contribution in [1.29, 1.82) is 0 Å². The molecule has 0 fully saturated rings. The number of amides is 1. The zero-order chi connectivity index (χ0) is 18.8. The van der Waals surface area contributed by atoms with Gasteiger partial charge in [0.2, 0.25) is 0 Å². The molecule has 3 aromatic heterocycles. The number of anilines is 1. The van der Waals surface area contributed by atoms with Crippen molar-refractivity contribution in [3.05, 3.63) is 71.2 Å². The fourth-order valence-corrected chi connectivity index (χ4v) is 3.29. The van der Waals surface area contributed by atoms with Crippen LogP contribution in [0.25, 0.3) is 22.6 Å². The monoisotopic (exact) mass is 380 g/mol. The Bertz CT molecular complexity index is 1110. The fraction of sp³-hybridized carbons (Fsp3) is 0.0526. The molecule has 6 nitrogen and oxygen atoms in total. The van der Waals surface area contributed by atoms with E-state index in [-0.39, 0.29) is 11.3 Å². The molecule has 4 rings (SSSR count). The molecule has 0 saturated heterocycles. The summed E-state index contributed by atoms with van der Waals surface area (Å²) in [6, 6.07) is 11.4. The number of nitrogens with one attached hydrogen (secondary N) is 1. The van der Waals surface area contributed by atoms with Gasteiger partial charge in [0.15, 0.2) is 5.13 Å². The first-order chi connectivity index (χ1) is 13.1. The first-order valence-corrected chi connectivity index (χ1v) is 8.90. The molecule has 8 heteroatoms. The van der Waals surface area contributed by atoms with Crippen LogP contribution in [-0.2, 0) is 0 Å². The van der Waals surface area contributed by atoms with Crippen molar-refractivity contribution in [2.24, 2.45) is 0 Å². The number of thiazole rings is 1. The lowest BCUT2D eigenvalue weighted by Crippen LogP contribution is -2.13. The Labute approximate surface area is 157 Å². The third-order valence-electron chi connectivity index (χ3n) is 3.84. The van der Waals surface area contributed by atoms with Crippen LogP contribution >= 0.6 is 11.3 Å². The molecule has 0 bridgehead atoms. The van der Waals surface area contributed by atoms with Crippen molar-refractivity contribution in [3.8, 4) is 22.6 Å². The Hall–Kier alpha value is -3.39. The number of aryl methyl sites for hydroxylation is 1. The van der Waals surface area contributed by atoms with Crippen LogP contribution in [0.5, 0.6) is 0 Å². The maximum Gasteiger partial charge on any atom is 0.263 e. The minimum atomic E-state index is -0.421. The Morgan fingerprint density at radius 2 is 2.07 bits per heavy atom. The van der Waals surface area contributed by atoms with E-state index in [1.165, 1.54) is 23.5 Å². The Morgan fingerprint density at radius 3 is 2.85 bits per heavy atom. The van der Waals surface area contributed by atoms with Gasteiger partial charge in [-0.3, -0.25) is 15.1 Å². The van der Waals surface area contributed by atoms with Crippen LogP contribution < -0.4 is 5.32 Å². The molecular weight excluding hydrogens is 367 g/mol. The average Bonchev–Trinajstić information content (AvgIpc) is 3.29. The molecule has 0 spiro atoms. The number of benzene rings is 1. The third-order valence-corrected chi connectivity index (χ3v) is 4.60. The molecule has 4 aromatic rings. The van der Waals surface area contributed by atoms with E-state index in [0.717, 1.165) is 5.69 Å². The van der Waals surface area contributed by atoms with Crippen LogP contribution in [0.1, 0.15) is 16.1 Å². The van der Waals surface area contributed by atoms with E-state index in [1.54, 1.807) is 25.3 Å². The van der Waals surface area contributed by atoms with E-state index in [4.69, 9.17) is 4.52 Å². The Morgan fingerprint density at radius 1 is 1.19 bits per heavy atom. The van der Waals surface area contributed by atoms with E-state index < -0.39 is 11.7 Å². The van der Waals surface area contributed by atoms with Crippen LogP contribution in [0.4, 0.5) is 9.52 Å². The number of hydrogen-bond acceptors (Lipinski definition) is 6. The number of aromatic nitrogens is 3. The van der Waals surface area contributed by atoms with Crippen molar-refractivity contribution in [2.45, 2.75) is 6.92 Å². The van der Waals surface area contributed by atoms with Crippen LogP contribution in [0.15, 0.2) is 58.6 Å². The van der Waals surface area contributed by atoms with Crippen molar-refractivity contribution in [1.82, 2.24) is 15.1 Å². The molecule has 0 aliphatic carbocycles. The van der Waals surface area contributed by atoms with E-state index in [0.29, 0.717) is 22.1 Å². The molecule has 0 unspecified atom stereocenters. The summed E-state index contributed by atoms with van der Waals surface area (Å²) in [7, 11) is 0. The van der Waals surface area contributed by atoms with Crippen molar-refractivity contribution in [3.63, 3.8) is 0 Å². The molecule has 1 N–H and O–H groups in total. The molecule has 134 valence electrons. The van der Waals surface area contributed by atoms with Gasteiger partial charge in [0.1, 0.15) is 28.5 Å². The second-order valence-electron chi connectivity index (χ2n) is 5.68. The molecule has 0 saturated carbocycles. The van der Waals surface area contributed by atoms with Gasteiger partial charge in [0, 0.05) is 17.1 Å². The normalized spacial score (nSPS) is 10.7. The average molecular weight is 380 g/mol. The highest BCUT2D eigenvalue weighted by molar-refractivity contribution is 7.14. The Kier molecular flexibility index (Phi) is 4.47. The van der Waals surface area contributed by atoms with Crippen molar-refractivity contribution >= 4 is 22.4 Å². The van der Waals surface area contributed by atoms with E-state index in [1.807, 2.05) is 23.6 Å². The fourth-order valence-electron chi connectivity index (χ4n) is 2.60. The molecule has 0 aliphatic rings. The largest absolute Gasteiger partial charge is 0.360 e. The number of nitrogens with zero attached hydrogens (tertiary/aromatic N) is 3. The summed E-state index contributed by atoms with van der Waals surface area (Å²) in [6.07, 6.45) is 1.68. The molecule has 1 aromatic carbocycles. The van der Waals surface area contributed by atoms with Gasteiger partial charge in [-0.25, -0.2) is 9.37 Å². The summed E-state index contributed by atoms with van der Waals surface area (Å²) in [5, 5.41) is 8.89. The number of carbonyl (C=O) groups excluding carboxylic acids is 1. The highest BCUT2D eigenvalue weighted by atomic mass is 32.1. The minimum absolute atomic E-state index is 0.246. The summed E-state index contributed by atoms with van der Waals surface area (Å²) >= 11 is 1.29. The van der Waals surface area contributed by atoms with Gasteiger partial charge in [0.25, 0.3) is 5.91 Å². The van der Waals surface area contributed by atoms with Crippen molar-refractivity contribution < 1.29 is 13.7 Å². The number of hydrogen-bond donors (Lipinski definition) is 1. The van der Waals surface area contributed by atoms with E-state index in [9.17, 15) is 9.18 Å². The zero-order valence-corrected chi connectivity index (χ0v) is 15.0. The number of carbonyl (C=O) groups is 1. The molecule has 1 amide bonds. The molecule has 3 heterocycles. The number of halogens is 1. The highest BCUT2D eigenvalue weighted by Gasteiger charge is 2.23. The standard InChI is InChI=1S/C19H13FN4O2S/c1-11-16(17(24-26-11)12-5-4-6-13(20)9-12)18(25)23-19-22-15(10-27-19)14-7-2-3-8-21-14/h2-10H,1H3,(H,22,23,25). The van der Waals surface area contributed by atoms with Gasteiger partial charge >= 0.3 is 0 Å². The van der Waals surface area contributed by atoms with Gasteiger partial charge in [-0.15, -0.1) is 11.3 Å². The maximum absolute atomic E-state index is 13.5. The third kappa shape index (κ3) is 3.47. The van der Waals surface area contributed by atoms with Crippen LogP contribution in [0.2, 0.25) is 0 Å². The predicted molar refractivity (Wildman–Crippen MR) is 99.9 cm³/mol. The molecule has 0 atom stereocenters. The lowest BCUT2D eigenvalue weighted by molar-refractivity contribution is 0.102. The summed E-state index contributed by atoms with van der Waals surface area (Å²) in [5.74, 6) is -0.498. The smallest absolute Gasteiger partial charge is 0.263 e. The lowest BCUT2D eigenvalue weighted by atomic mass is 10.1. The van der Waals surface area contributed by atoms with E-state index in [2.05, 4.69) is 20.4 Å². The van der Waals surface area contributed by atoms with Crippen molar-refractivity contribution in [2.75, 3.05) is 5.32 Å². The van der Waals surface area contributed by atoms with Crippen LogP contribution in [-0.4, -0.2) is 21.0 Å². The SMILES string of the molecule is Cc1onc(-c2cccc(F)c2)c1C(=O)Nc1nc(-c2ccccn2)cs1. The maximum atomic E-state index is 13.5. The second-order valence-corrected chi connectivity index (χ2v) is 6.54. The lowest BCUT2D eigenvalue weighted by Gasteiger charge is -2.03. The second kappa shape index (κ2) is 7.08. The Balaban J connectivity index is 1.61. The molecule has 0 radical (unpaired) electrons.